The van der Waals surface area contributed by atoms with Crippen molar-refractivity contribution in [2.75, 3.05) is 0 Å². The lowest BCUT2D eigenvalue weighted by atomic mass is 9.80. The molecule has 0 spiro atoms. The molecule has 20 heavy (non-hydrogen) atoms. The number of carbonyl (C=O) groups excluding carboxylic acids is 2. The fraction of sp³-hybridized carbons (Fsp3) is 0.500. The molecule has 0 saturated heterocycles. The van der Waals surface area contributed by atoms with Crippen LogP contribution in [0.15, 0.2) is 28.2 Å². The average molecular weight is 270 g/mol. The van der Waals surface area contributed by atoms with Crippen LogP contribution in [0.2, 0.25) is 0 Å². The summed E-state index contributed by atoms with van der Waals surface area (Å²) in [7, 11) is 0. The highest BCUT2D eigenvalue weighted by molar-refractivity contribution is 5.51. The van der Waals surface area contributed by atoms with Crippen LogP contribution in [0, 0.1) is 12.8 Å². The van der Waals surface area contributed by atoms with Crippen molar-refractivity contribution in [1.82, 2.24) is 0 Å². The summed E-state index contributed by atoms with van der Waals surface area (Å²) < 4.78 is 0. The molecule has 1 fully saturated rings. The molecular formula is C16H18N2O2. The van der Waals surface area contributed by atoms with Gasteiger partial charge in [0, 0.05) is 0 Å². The fourth-order valence-electron chi connectivity index (χ4n) is 2.95. The molecule has 0 radical (unpaired) electrons. The minimum atomic E-state index is 0.0823. The van der Waals surface area contributed by atoms with Gasteiger partial charge in [0.15, 0.2) is 0 Å². The Morgan fingerprint density at radius 3 is 2.75 bits per heavy atom. The van der Waals surface area contributed by atoms with Crippen molar-refractivity contribution in [3.05, 3.63) is 29.3 Å². The molecule has 0 bridgehead atoms. The lowest BCUT2D eigenvalue weighted by Crippen LogP contribution is -2.25. The first-order chi connectivity index (χ1) is 9.74. The van der Waals surface area contributed by atoms with Gasteiger partial charge < -0.3 is 0 Å². The van der Waals surface area contributed by atoms with Gasteiger partial charge in [0.05, 0.1) is 11.7 Å². The van der Waals surface area contributed by atoms with E-state index in [1.807, 2.05) is 25.1 Å². The molecule has 0 heterocycles. The predicted octanol–water partition coefficient (Wildman–Crippen LogP) is 3.40. The Morgan fingerprint density at radius 1 is 1.20 bits per heavy atom. The predicted molar refractivity (Wildman–Crippen MR) is 76.5 cm³/mol. The van der Waals surface area contributed by atoms with Crippen LogP contribution in [0.5, 0.6) is 0 Å². The minimum absolute atomic E-state index is 0.0823. The van der Waals surface area contributed by atoms with E-state index < -0.39 is 0 Å². The summed E-state index contributed by atoms with van der Waals surface area (Å²) in [4.78, 5) is 28.5. The maximum Gasteiger partial charge on any atom is 0.240 e. The minimum Gasteiger partial charge on any atom is -0.211 e. The van der Waals surface area contributed by atoms with Gasteiger partial charge in [-0.15, -0.1) is 0 Å². The zero-order valence-corrected chi connectivity index (χ0v) is 11.6. The van der Waals surface area contributed by atoms with Gasteiger partial charge in [-0.25, -0.2) is 14.6 Å². The molecule has 1 aliphatic carbocycles. The summed E-state index contributed by atoms with van der Waals surface area (Å²) in [6.07, 6.45) is 8.49. The number of aliphatic imine (C=N–C) groups is 2. The van der Waals surface area contributed by atoms with Crippen LogP contribution < -0.4 is 0 Å². The lowest BCUT2D eigenvalue weighted by molar-refractivity contribution is 0.307. The first-order valence-electron chi connectivity index (χ1n) is 6.99. The van der Waals surface area contributed by atoms with Gasteiger partial charge in [0.25, 0.3) is 0 Å². The van der Waals surface area contributed by atoms with E-state index in [0.717, 1.165) is 25.7 Å². The molecule has 4 nitrogen and oxygen atoms in total. The number of hydrogen-bond donors (Lipinski definition) is 0. The molecule has 1 aromatic carbocycles. The van der Waals surface area contributed by atoms with E-state index in [0.29, 0.717) is 11.6 Å². The van der Waals surface area contributed by atoms with Crippen molar-refractivity contribution in [1.29, 1.82) is 0 Å². The SMILES string of the molecule is Cc1ccc(N=C=O)cc1CC1CCCCC1N=C=O. The van der Waals surface area contributed by atoms with E-state index in [1.54, 1.807) is 12.2 Å². The van der Waals surface area contributed by atoms with Crippen molar-refractivity contribution < 1.29 is 9.59 Å². The first kappa shape index (κ1) is 14.4. The standard InChI is InChI=1S/C16H18N2O2/c1-12-6-7-15(17-10-19)9-14(12)8-13-4-2-3-5-16(13)18-11-20/h6-7,9,13,16H,2-5,8H2,1H3. The third-order valence-electron chi connectivity index (χ3n) is 4.08. The Bertz CT molecular complexity index is 570. The largest absolute Gasteiger partial charge is 0.240 e. The van der Waals surface area contributed by atoms with E-state index in [9.17, 15) is 9.59 Å². The van der Waals surface area contributed by atoms with E-state index in [4.69, 9.17) is 0 Å². The van der Waals surface area contributed by atoms with Gasteiger partial charge in [-0.3, -0.25) is 0 Å². The number of hydrogen-bond acceptors (Lipinski definition) is 4. The number of rotatable bonds is 4. The van der Waals surface area contributed by atoms with Crippen LogP contribution in [0.1, 0.15) is 36.8 Å². The summed E-state index contributed by atoms with van der Waals surface area (Å²) in [6.45, 7) is 2.05. The van der Waals surface area contributed by atoms with Gasteiger partial charge in [-0.2, -0.15) is 4.99 Å². The summed E-state index contributed by atoms with van der Waals surface area (Å²) in [5.74, 6) is 0.374. The summed E-state index contributed by atoms with van der Waals surface area (Å²) in [5.41, 5.74) is 2.97. The van der Waals surface area contributed by atoms with E-state index in [-0.39, 0.29) is 6.04 Å². The van der Waals surface area contributed by atoms with Crippen LogP contribution in [-0.2, 0) is 16.0 Å². The van der Waals surface area contributed by atoms with Crippen molar-refractivity contribution in [3.8, 4) is 0 Å². The van der Waals surface area contributed by atoms with Gasteiger partial charge in [0.1, 0.15) is 0 Å². The second-order valence-electron chi connectivity index (χ2n) is 5.35. The van der Waals surface area contributed by atoms with Gasteiger partial charge in [-0.05, 0) is 55.4 Å². The van der Waals surface area contributed by atoms with Crippen LogP contribution >= 0.6 is 0 Å². The maximum absolute atomic E-state index is 10.5. The quantitative estimate of drug-likeness (QED) is 0.622. The second kappa shape index (κ2) is 6.95. The molecule has 0 N–H and O–H groups in total. The Balaban J connectivity index is 2.20. The maximum atomic E-state index is 10.5. The molecule has 0 amide bonds. The lowest BCUT2D eigenvalue weighted by Gasteiger charge is -2.28. The second-order valence-corrected chi connectivity index (χ2v) is 5.35. The summed E-state index contributed by atoms with van der Waals surface area (Å²) >= 11 is 0. The topological polar surface area (TPSA) is 58.9 Å². The van der Waals surface area contributed by atoms with Crippen molar-refractivity contribution in [3.63, 3.8) is 0 Å². The Kier molecular flexibility index (Phi) is 5.00. The number of nitrogens with zero attached hydrogens (tertiary/aromatic N) is 2. The molecule has 0 aliphatic heterocycles. The van der Waals surface area contributed by atoms with Crippen LogP contribution in [0.4, 0.5) is 5.69 Å². The third-order valence-corrected chi connectivity index (χ3v) is 4.08. The molecule has 104 valence electrons. The van der Waals surface area contributed by atoms with Crippen molar-refractivity contribution in [2.24, 2.45) is 15.9 Å². The molecular weight excluding hydrogens is 252 g/mol. The highest BCUT2D eigenvalue weighted by Gasteiger charge is 2.25. The highest BCUT2D eigenvalue weighted by atomic mass is 16.1. The Morgan fingerprint density at radius 2 is 2.00 bits per heavy atom. The summed E-state index contributed by atoms with van der Waals surface area (Å²) in [6, 6.07) is 5.79. The van der Waals surface area contributed by atoms with Crippen LogP contribution in [0.25, 0.3) is 0 Å². The van der Waals surface area contributed by atoms with E-state index in [1.165, 1.54) is 17.5 Å². The molecule has 2 unspecified atom stereocenters. The third kappa shape index (κ3) is 3.51. The van der Waals surface area contributed by atoms with Crippen LogP contribution in [-0.4, -0.2) is 18.2 Å². The normalized spacial score (nSPS) is 21.6. The fourth-order valence-corrected chi connectivity index (χ4v) is 2.95. The monoisotopic (exact) mass is 270 g/mol. The van der Waals surface area contributed by atoms with Gasteiger partial charge in [0.2, 0.25) is 12.2 Å². The Hall–Kier alpha value is -2.02. The van der Waals surface area contributed by atoms with E-state index >= 15 is 0 Å². The van der Waals surface area contributed by atoms with Gasteiger partial charge >= 0.3 is 0 Å². The smallest absolute Gasteiger partial charge is 0.211 e. The molecule has 4 heteroatoms. The molecule has 2 rings (SSSR count). The molecule has 1 saturated carbocycles. The van der Waals surface area contributed by atoms with E-state index in [2.05, 4.69) is 9.98 Å². The molecule has 1 aliphatic rings. The molecule has 0 aromatic heterocycles. The van der Waals surface area contributed by atoms with Crippen molar-refractivity contribution in [2.45, 2.75) is 45.1 Å². The molecule has 2 atom stereocenters. The van der Waals surface area contributed by atoms with Crippen LogP contribution in [0.3, 0.4) is 0 Å². The Labute approximate surface area is 118 Å². The highest BCUT2D eigenvalue weighted by Crippen LogP contribution is 2.31. The first-order valence-corrected chi connectivity index (χ1v) is 6.99. The molecule has 1 aromatic rings. The average Bonchev–Trinajstić information content (AvgIpc) is 2.45. The van der Waals surface area contributed by atoms with Gasteiger partial charge in [-0.1, -0.05) is 18.9 Å². The zero-order chi connectivity index (χ0) is 14.4. The summed E-state index contributed by atoms with van der Waals surface area (Å²) in [5, 5.41) is 0. The number of aryl methyl sites for hydroxylation is 1. The number of benzene rings is 1. The number of isocyanates is 2. The van der Waals surface area contributed by atoms with Crippen molar-refractivity contribution >= 4 is 17.8 Å². The zero-order valence-electron chi connectivity index (χ0n) is 11.6.